The molecule has 1 aliphatic rings. The van der Waals surface area contributed by atoms with Crippen LogP contribution in [0.4, 0.5) is 5.69 Å². The number of rotatable bonds is 0. The van der Waals surface area contributed by atoms with E-state index in [0.29, 0.717) is 6.54 Å². The Hall–Kier alpha value is -1.42. The number of hydrogen-bond donors (Lipinski definition) is 1. The van der Waals surface area contributed by atoms with Crippen LogP contribution in [0.5, 0.6) is 0 Å². The molecule has 4 heteroatoms. The maximum absolute atomic E-state index is 11.4. The van der Waals surface area contributed by atoms with Crippen molar-refractivity contribution in [2.75, 3.05) is 11.9 Å². The van der Waals surface area contributed by atoms with Gasteiger partial charge in [-0.1, -0.05) is 0 Å². The number of carbonyl (C=O) groups excluding carboxylic acids is 1. The van der Waals surface area contributed by atoms with Gasteiger partial charge in [-0.3, -0.25) is 4.79 Å². The van der Waals surface area contributed by atoms with Gasteiger partial charge in [0.2, 0.25) is 0 Å². The Labute approximate surface area is 78.4 Å². The number of anilines is 1. The first kappa shape index (κ1) is 7.03. The van der Waals surface area contributed by atoms with Crippen LogP contribution in [0, 0.1) is 0 Å². The number of fused-ring (bicyclic) bond motifs is 3. The second-order valence-electron chi connectivity index (χ2n) is 2.97. The molecule has 0 radical (unpaired) electrons. The Bertz CT molecular complexity index is 503. The molecule has 3 rings (SSSR count). The number of Topliss-reactive ketones (excluding diaryl/α,β-unsaturated/α-hetero) is 1. The largest absolute Gasteiger partial charge is 0.376 e. The third-order valence-electron chi connectivity index (χ3n) is 2.23. The Balaban J connectivity index is 2.45. The predicted octanol–water partition coefficient (Wildman–Crippen LogP) is 1.90. The van der Waals surface area contributed by atoms with Crippen molar-refractivity contribution in [3.05, 3.63) is 23.2 Å². The van der Waals surface area contributed by atoms with Crippen molar-refractivity contribution >= 4 is 33.0 Å². The standard InChI is InChI=1S/C9H6N2OS/c12-7-3-10-8-5(7)1-2-6-9(8)13-4-11-6/h1-2,4,10H,3H2. The second kappa shape index (κ2) is 2.29. The molecule has 0 unspecified atom stereocenters. The van der Waals surface area contributed by atoms with Gasteiger partial charge in [0.15, 0.2) is 5.78 Å². The molecular weight excluding hydrogens is 184 g/mol. The first-order valence-corrected chi connectivity index (χ1v) is 4.87. The Morgan fingerprint density at radius 3 is 3.31 bits per heavy atom. The molecule has 0 amide bonds. The minimum atomic E-state index is 0.172. The molecule has 0 bridgehead atoms. The van der Waals surface area contributed by atoms with Gasteiger partial charge in [-0.15, -0.1) is 11.3 Å². The third-order valence-corrected chi connectivity index (χ3v) is 3.09. The Morgan fingerprint density at radius 1 is 1.46 bits per heavy atom. The van der Waals surface area contributed by atoms with Gasteiger partial charge < -0.3 is 5.32 Å². The van der Waals surface area contributed by atoms with E-state index in [-0.39, 0.29) is 5.78 Å². The van der Waals surface area contributed by atoms with Gasteiger partial charge in [0.05, 0.1) is 28.0 Å². The highest BCUT2D eigenvalue weighted by Crippen LogP contribution is 2.33. The molecule has 2 heterocycles. The highest BCUT2D eigenvalue weighted by atomic mass is 32.1. The lowest BCUT2D eigenvalue weighted by Crippen LogP contribution is -2.00. The molecule has 1 aromatic heterocycles. The Morgan fingerprint density at radius 2 is 2.38 bits per heavy atom. The molecule has 0 fully saturated rings. The summed E-state index contributed by atoms with van der Waals surface area (Å²) in [5, 5.41) is 3.10. The quantitative estimate of drug-likeness (QED) is 0.690. The zero-order chi connectivity index (χ0) is 8.84. The highest BCUT2D eigenvalue weighted by molar-refractivity contribution is 7.17. The van der Waals surface area contributed by atoms with Gasteiger partial charge in [-0.2, -0.15) is 0 Å². The van der Waals surface area contributed by atoms with Gasteiger partial charge >= 0.3 is 0 Å². The van der Waals surface area contributed by atoms with Crippen LogP contribution >= 0.6 is 11.3 Å². The van der Waals surface area contributed by atoms with Crippen LogP contribution in [0.15, 0.2) is 17.6 Å². The third kappa shape index (κ3) is 0.833. The minimum Gasteiger partial charge on any atom is -0.376 e. The van der Waals surface area contributed by atoms with Crippen LogP contribution in [0.3, 0.4) is 0 Å². The van der Waals surface area contributed by atoms with E-state index in [0.717, 1.165) is 21.5 Å². The number of nitrogens with zero attached hydrogens (tertiary/aromatic N) is 1. The van der Waals surface area contributed by atoms with E-state index in [1.807, 2.05) is 12.1 Å². The van der Waals surface area contributed by atoms with Crippen molar-refractivity contribution in [2.24, 2.45) is 0 Å². The first-order valence-electron chi connectivity index (χ1n) is 3.99. The van der Waals surface area contributed by atoms with E-state index < -0.39 is 0 Å². The first-order chi connectivity index (χ1) is 6.36. The molecule has 2 aromatic rings. The summed E-state index contributed by atoms with van der Waals surface area (Å²) in [6, 6.07) is 3.75. The summed E-state index contributed by atoms with van der Waals surface area (Å²) < 4.78 is 1.09. The van der Waals surface area contributed by atoms with Crippen molar-refractivity contribution in [1.29, 1.82) is 0 Å². The van der Waals surface area contributed by atoms with E-state index >= 15 is 0 Å². The summed E-state index contributed by atoms with van der Waals surface area (Å²) in [5.74, 6) is 0.172. The van der Waals surface area contributed by atoms with Gasteiger partial charge in [0, 0.05) is 5.56 Å². The van der Waals surface area contributed by atoms with Crippen LogP contribution in [0.25, 0.3) is 10.2 Å². The van der Waals surface area contributed by atoms with E-state index in [9.17, 15) is 4.79 Å². The Kier molecular flexibility index (Phi) is 1.24. The summed E-state index contributed by atoms with van der Waals surface area (Å²) in [4.78, 5) is 15.5. The van der Waals surface area contributed by atoms with Gasteiger partial charge in [0.1, 0.15) is 0 Å². The molecule has 1 aromatic carbocycles. The lowest BCUT2D eigenvalue weighted by Gasteiger charge is -1.97. The van der Waals surface area contributed by atoms with Crippen molar-refractivity contribution in [3.63, 3.8) is 0 Å². The lowest BCUT2D eigenvalue weighted by molar-refractivity contribution is 0.101. The summed E-state index contributed by atoms with van der Waals surface area (Å²) in [6.07, 6.45) is 0. The number of benzene rings is 1. The smallest absolute Gasteiger partial charge is 0.183 e. The number of carbonyl (C=O) groups is 1. The van der Waals surface area contributed by atoms with Crippen molar-refractivity contribution in [3.8, 4) is 0 Å². The molecule has 64 valence electrons. The average molecular weight is 190 g/mol. The molecule has 0 spiro atoms. The molecule has 3 nitrogen and oxygen atoms in total. The summed E-state index contributed by atoms with van der Waals surface area (Å²) >= 11 is 1.57. The van der Waals surface area contributed by atoms with E-state index in [4.69, 9.17) is 0 Å². The fourth-order valence-electron chi connectivity index (χ4n) is 1.60. The summed E-state index contributed by atoms with van der Waals surface area (Å²) in [5.41, 5.74) is 4.53. The minimum absolute atomic E-state index is 0.172. The van der Waals surface area contributed by atoms with E-state index in [2.05, 4.69) is 10.3 Å². The number of ketones is 1. The molecule has 1 aliphatic heterocycles. The SMILES string of the molecule is O=C1CNc2c1ccc1ncsc21. The van der Waals surface area contributed by atoms with E-state index in [1.165, 1.54) is 0 Å². The number of thiazole rings is 1. The molecule has 0 aliphatic carbocycles. The molecule has 0 atom stereocenters. The maximum Gasteiger partial charge on any atom is 0.183 e. The zero-order valence-electron chi connectivity index (χ0n) is 6.70. The van der Waals surface area contributed by atoms with Crippen LogP contribution in [0.1, 0.15) is 10.4 Å². The highest BCUT2D eigenvalue weighted by Gasteiger charge is 2.21. The molecule has 1 N–H and O–H groups in total. The van der Waals surface area contributed by atoms with Gasteiger partial charge in [0.25, 0.3) is 0 Å². The number of aromatic nitrogens is 1. The summed E-state index contributed by atoms with van der Waals surface area (Å²) in [6.45, 7) is 0.423. The number of nitrogens with one attached hydrogen (secondary N) is 1. The summed E-state index contributed by atoms with van der Waals surface area (Å²) in [7, 11) is 0. The monoisotopic (exact) mass is 190 g/mol. The zero-order valence-corrected chi connectivity index (χ0v) is 7.52. The number of hydrogen-bond acceptors (Lipinski definition) is 4. The van der Waals surface area contributed by atoms with Crippen LogP contribution < -0.4 is 5.32 Å². The van der Waals surface area contributed by atoms with Crippen LogP contribution in [-0.4, -0.2) is 17.3 Å². The van der Waals surface area contributed by atoms with Gasteiger partial charge in [-0.25, -0.2) is 4.98 Å². The lowest BCUT2D eigenvalue weighted by atomic mass is 10.1. The average Bonchev–Trinajstić information content (AvgIpc) is 2.70. The second-order valence-corrected chi connectivity index (χ2v) is 3.82. The maximum atomic E-state index is 11.4. The molecule has 0 saturated heterocycles. The molecule has 13 heavy (non-hydrogen) atoms. The van der Waals surface area contributed by atoms with Crippen LogP contribution in [0.2, 0.25) is 0 Å². The molecular formula is C9H6N2OS. The van der Waals surface area contributed by atoms with Crippen molar-refractivity contribution < 1.29 is 4.79 Å². The normalized spacial score (nSPS) is 14.6. The topological polar surface area (TPSA) is 42.0 Å². The van der Waals surface area contributed by atoms with Crippen molar-refractivity contribution in [2.45, 2.75) is 0 Å². The van der Waals surface area contributed by atoms with Crippen LogP contribution in [-0.2, 0) is 0 Å². The van der Waals surface area contributed by atoms with Crippen molar-refractivity contribution in [1.82, 2.24) is 4.98 Å². The van der Waals surface area contributed by atoms with E-state index in [1.54, 1.807) is 16.8 Å². The fraction of sp³-hybridized carbons (Fsp3) is 0.111. The predicted molar refractivity (Wildman–Crippen MR) is 52.4 cm³/mol. The van der Waals surface area contributed by atoms with Gasteiger partial charge in [-0.05, 0) is 12.1 Å². The fourth-order valence-corrected chi connectivity index (χ4v) is 2.41. The molecule has 0 saturated carbocycles.